The Labute approximate surface area is 238 Å². The van der Waals surface area contributed by atoms with Gasteiger partial charge in [-0.05, 0) is 47.4 Å². The number of carbonyl (C=O) groups is 4. The van der Waals surface area contributed by atoms with Crippen LogP contribution < -0.4 is 4.74 Å². The van der Waals surface area contributed by atoms with Gasteiger partial charge < -0.3 is 9.84 Å². The molecule has 2 amide bonds. The summed E-state index contributed by atoms with van der Waals surface area (Å²) in [5.74, 6) is -2.59. The standard InChI is InChI=1S/C34H29NO6/c36-31(22-27(34(39)40)18-20-35-32(37)29-8-4-5-9-30(29)33(35)38)26-12-10-24(11-13-26)25-14-16-28(17-15-25)41-21-19-23-6-2-1-3-7-23/h1-17,27H,18-22H2,(H,39,40). The molecule has 1 N–H and O–H groups in total. The highest BCUT2D eigenvalue weighted by Crippen LogP contribution is 2.26. The summed E-state index contributed by atoms with van der Waals surface area (Å²) < 4.78 is 5.86. The third-order valence-corrected chi connectivity index (χ3v) is 7.26. The van der Waals surface area contributed by atoms with Crippen molar-refractivity contribution in [1.29, 1.82) is 0 Å². The van der Waals surface area contributed by atoms with Gasteiger partial charge in [-0.2, -0.15) is 0 Å². The molecule has 0 aliphatic carbocycles. The van der Waals surface area contributed by atoms with Crippen LogP contribution in [0.15, 0.2) is 103 Å². The first-order chi connectivity index (χ1) is 19.9. The monoisotopic (exact) mass is 547 g/mol. The van der Waals surface area contributed by atoms with Crippen molar-refractivity contribution in [2.24, 2.45) is 5.92 Å². The third-order valence-electron chi connectivity index (χ3n) is 7.26. The zero-order chi connectivity index (χ0) is 28.8. The Kier molecular flexibility index (Phi) is 8.34. The first kappa shape index (κ1) is 27.5. The molecule has 0 saturated heterocycles. The second-order valence-electron chi connectivity index (χ2n) is 9.94. The van der Waals surface area contributed by atoms with Crippen molar-refractivity contribution in [3.05, 3.63) is 125 Å². The van der Waals surface area contributed by atoms with Crippen molar-refractivity contribution < 1.29 is 29.0 Å². The van der Waals surface area contributed by atoms with Crippen molar-refractivity contribution in [2.75, 3.05) is 13.2 Å². The number of hydrogen-bond donors (Lipinski definition) is 1. The van der Waals surface area contributed by atoms with Crippen LogP contribution in [0.3, 0.4) is 0 Å². The number of amides is 2. The summed E-state index contributed by atoms with van der Waals surface area (Å²) in [6.07, 6.45) is 0.584. The molecule has 41 heavy (non-hydrogen) atoms. The lowest BCUT2D eigenvalue weighted by Crippen LogP contribution is -2.33. The maximum Gasteiger partial charge on any atom is 0.307 e. The summed E-state index contributed by atoms with van der Waals surface area (Å²) in [7, 11) is 0. The van der Waals surface area contributed by atoms with E-state index in [0.29, 0.717) is 23.3 Å². The van der Waals surface area contributed by atoms with E-state index in [1.807, 2.05) is 54.6 Å². The average molecular weight is 548 g/mol. The summed E-state index contributed by atoms with van der Waals surface area (Å²) in [5, 5.41) is 9.72. The molecule has 0 radical (unpaired) electrons. The number of imide groups is 1. The molecule has 0 spiro atoms. The minimum Gasteiger partial charge on any atom is -0.493 e. The van der Waals surface area contributed by atoms with Crippen LogP contribution in [0.25, 0.3) is 11.1 Å². The number of Topliss-reactive ketones (excluding diaryl/α,β-unsaturated/α-hetero) is 1. The summed E-state index contributed by atoms with van der Waals surface area (Å²) in [6.45, 7) is 0.511. The fraction of sp³-hybridized carbons (Fsp3) is 0.176. The molecule has 0 aromatic heterocycles. The van der Waals surface area contributed by atoms with Crippen LogP contribution in [0.5, 0.6) is 5.75 Å². The van der Waals surface area contributed by atoms with Gasteiger partial charge in [0.15, 0.2) is 5.78 Å². The number of ether oxygens (including phenoxy) is 1. The molecule has 1 aliphatic heterocycles. The number of ketones is 1. The van der Waals surface area contributed by atoms with Crippen LogP contribution in [0.2, 0.25) is 0 Å². The van der Waals surface area contributed by atoms with Crippen molar-refractivity contribution in [1.82, 2.24) is 4.90 Å². The van der Waals surface area contributed by atoms with Crippen LogP contribution >= 0.6 is 0 Å². The van der Waals surface area contributed by atoms with Crippen molar-refractivity contribution in [3.63, 3.8) is 0 Å². The quantitative estimate of drug-likeness (QED) is 0.174. The van der Waals surface area contributed by atoms with Crippen LogP contribution in [0.4, 0.5) is 0 Å². The zero-order valence-electron chi connectivity index (χ0n) is 22.4. The topological polar surface area (TPSA) is 101 Å². The van der Waals surface area contributed by atoms with E-state index in [0.717, 1.165) is 28.2 Å². The smallest absolute Gasteiger partial charge is 0.307 e. The van der Waals surface area contributed by atoms with E-state index in [2.05, 4.69) is 12.1 Å². The van der Waals surface area contributed by atoms with Crippen molar-refractivity contribution in [2.45, 2.75) is 19.3 Å². The van der Waals surface area contributed by atoms with E-state index < -0.39 is 23.7 Å². The molecule has 206 valence electrons. The molecular weight excluding hydrogens is 518 g/mol. The van der Waals surface area contributed by atoms with E-state index in [1.165, 1.54) is 5.56 Å². The number of rotatable bonds is 12. The van der Waals surface area contributed by atoms with E-state index >= 15 is 0 Å². The second kappa shape index (κ2) is 12.4. The summed E-state index contributed by atoms with van der Waals surface area (Å²) in [4.78, 5) is 51.1. The van der Waals surface area contributed by atoms with Gasteiger partial charge in [-0.15, -0.1) is 0 Å². The van der Waals surface area contributed by atoms with E-state index in [1.54, 1.807) is 36.4 Å². The van der Waals surface area contributed by atoms with Crippen LogP contribution in [0, 0.1) is 5.92 Å². The molecule has 0 saturated carbocycles. The number of carboxylic acid groups (broad SMARTS) is 1. The lowest BCUT2D eigenvalue weighted by Gasteiger charge is -2.17. The number of hydrogen-bond acceptors (Lipinski definition) is 5. The lowest BCUT2D eigenvalue weighted by atomic mass is 9.94. The van der Waals surface area contributed by atoms with Gasteiger partial charge in [-0.25, -0.2) is 0 Å². The third kappa shape index (κ3) is 6.41. The molecule has 1 heterocycles. The van der Waals surface area contributed by atoms with Gasteiger partial charge in [0.25, 0.3) is 11.8 Å². The van der Waals surface area contributed by atoms with Gasteiger partial charge >= 0.3 is 5.97 Å². The van der Waals surface area contributed by atoms with Crippen molar-refractivity contribution in [3.8, 4) is 16.9 Å². The zero-order valence-corrected chi connectivity index (χ0v) is 22.4. The lowest BCUT2D eigenvalue weighted by molar-refractivity contribution is -0.142. The first-order valence-electron chi connectivity index (χ1n) is 13.5. The molecule has 4 aromatic carbocycles. The Hall–Kier alpha value is -5.04. The average Bonchev–Trinajstić information content (AvgIpc) is 3.25. The molecule has 0 fully saturated rings. The maximum atomic E-state index is 12.9. The Morgan fingerprint density at radius 2 is 1.29 bits per heavy atom. The number of carbonyl (C=O) groups excluding carboxylic acids is 3. The predicted molar refractivity (Wildman–Crippen MR) is 154 cm³/mol. The molecule has 0 bridgehead atoms. The number of nitrogens with zero attached hydrogens (tertiary/aromatic N) is 1. The van der Waals surface area contributed by atoms with E-state index in [9.17, 15) is 24.3 Å². The number of benzene rings is 4. The maximum absolute atomic E-state index is 12.9. The number of fused-ring (bicyclic) bond motifs is 1. The predicted octanol–water partition coefficient (Wildman–Crippen LogP) is 5.94. The molecule has 7 nitrogen and oxygen atoms in total. The highest BCUT2D eigenvalue weighted by atomic mass is 16.5. The van der Waals surface area contributed by atoms with Gasteiger partial charge in [0, 0.05) is 24.9 Å². The second-order valence-corrected chi connectivity index (χ2v) is 9.94. The molecule has 7 heteroatoms. The normalized spacial score (nSPS) is 13.1. The van der Waals surface area contributed by atoms with E-state index in [4.69, 9.17) is 4.74 Å². The molecule has 5 rings (SSSR count). The Morgan fingerprint density at radius 3 is 1.88 bits per heavy atom. The van der Waals surface area contributed by atoms with Crippen molar-refractivity contribution >= 4 is 23.6 Å². The number of carboxylic acids is 1. The summed E-state index contributed by atoms with van der Waals surface area (Å²) in [6, 6.07) is 31.4. The molecule has 1 aliphatic rings. The van der Waals surface area contributed by atoms with Gasteiger partial charge in [0.05, 0.1) is 23.7 Å². The summed E-state index contributed by atoms with van der Waals surface area (Å²) >= 11 is 0. The Morgan fingerprint density at radius 1 is 0.732 bits per heavy atom. The molecule has 4 aromatic rings. The van der Waals surface area contributed by atoms with Gasteiger partial charge in [0.2, 0.25) is 0 Å². The highest BCUT2D eigenvalue weighted by molar-refractivity contribution is 6.21. The van der Waals surface area contributed by atoms with Gasteiger partial charge in [-0.1, -0.05) is 78.9 Å². The fourth-order valence-electron chi connectivity index (χ4n) is 4.91. The molecular formula is C34H29NO6. The molecule has 1 unspecified atom stereocenters. The Balaban J connectivity index is 1.15. The van der Waals surface area contributed by atoms with Crippen LogP contribution in [-0.2, 0) is 11.2 Å². The van der Waals surface area contributed by atoms with Crippen LogP contribution in [-0.4, -0.2) is 46.7 Å². The largest absolute Gasteiger partial charge is 0.493 e. The number of aliphatic carboxylic acids is 1. The van der Waals surface area contributed by atoms with Gasteiger partial charge in [-0.3, -0.25) is 24.1 Å². The highest BCUT2D eigenvalue weighted by Gasteiger charge is 2.36. The Bertz CT molecular complexity index is 1530. The minimum atomic E-state index is -1.14. The fourth-order valence-corrected chi connectivity index (χ4v) is 4.91. The molecule has 1 atom stereocenters. The van der Waals surface area contributed by atoms with E-state index in [-0.39, 0.29) is 25.2 Å². The van der Waals surface area contributed by atoms with Crippen LogP contribution in [0.1, 0.15) is 49.5 Å². The SMILES string of the molecule is O=C(CC(CCN1C(=O)c2ccccc2C1=O)C(=O)O)c1ccc(-c2ccc(OCCc3ccccc3)cc2)cc1. The minimum absolute atomic E-state index is 0.00953. The first-order valence-corrected chi connectivity index (χ1v) is 13.5. The summed E-state index contributed by atoms with van der Waals surface area (Å²) in [5.41, 5.74) is 4.12. The van der Waals surface area contributed by atoms with Gasteiger partial charge in [0.1, 0.15) is 5.75 Å².